The first-order valence-corrected chi connectivity index (χ1v) is 11.2. The van der Waals surface area contributed by atoms with Crippen molar-refractivity contribution < 1.29 is 10.2 Å². The van der Waals surface area contributed by atoms with Gasteiger partial charge in [0.2, 0.25) is 0 Å². The molecule has 1 unspecified atom stereocenters. The van der Waals surface area contributed by atoms with E-state index in [2.05, 4.69) is 26.1 Å². The van der Waals surface area contributed by atoms with E-state index >= 15 is 0 Å². The molecule has 152 valence electrons. The van der Waals surface area contributed by atoms with Gasteiger partial charge in [-0.3, -0.25) is 0 Å². The van der Waals surface area contributed by atoms with Gasteiger partial charge >= 0.3 is 0 Å². The van der Waals surface area contributed by atoms with E-state index in [1.54, 1.807) is 0 Å². The van der Waals surface area contributed by atoms with Crippen LogP contribution in [0.1, 0.15) is 117 Å². The molecule has 0 aromatic carbocycles. The lowest BCUT2D eigenvalue weighted by Gasteiger charge is -2.25. The van der Waals surface area contributed by atoms with Crippen molar-refractivity contribution in [1.82, 2.24) is 5.32 Å². The number of rotatable bonds is 19. The maximum Gasteiger partial charge on any atom is 0.0715 e. The van der Waals surface area contributed by atoms with Gasteiger partial charge in [0.25, 0.3) is 0 Å². The summed E-state index contributed by atoms with van der Waals surface area (Å²) in [5.41, 5.74) is 0. The fourth-order valence-electron chi connectivity index (χ4n) is 3.34. The molecule has 0 heterocycles. The van der Waals surface area contributed by atoms with Crippen molar-refractivity contribution in [2.45, 2.75) is 135 Å². The van der Waals surface area contributed by atoms with E-state index in [9.17, 15) is 10.2 Å². The lowest BCUT2D eigenvalue weighted by Crippen LogP contribution is -2.46. The van der Waals surface area contributed by atoms with Gasteiger partial charge in [-0.1, -0.05) is 97.3 Å². The molecule has 0 aromatic heterocycles. The van der Waals surface area contributed by atoms with E-state index in [1.807, 2.05) is 0 Å². The molecule has 3 nitrogen and oxygen atoms in total. The molecule has 3 atom stereocenters. The standard InChI is InChI=1S/C22H47NO2/c1-4-6-7-8-9-10-11-12-13-14-15-16-17-18-22(25)21(19-24)23-20(3)5-2/h20-25H,4-19H2,1-3H3/t20?,21-,22+/m0/s1. The minimum absolute atomic E-state index is 0.0178. The molecular formula is C22H47NO2. The number of hydrogen-bond acceptors (Lipinski definition) is 3. The molecule has 25 heavy (non-hydrogen) atoms. The average molecular weight is 358 g/mol. The minimum atomic E-state index is -0.424. The van der Waals surface area contributed by atoms with Crippen LogP contribution in [0.3, 0.4) is 0 Å². The largest absolute Gasteiger partial charge is 0.395 e. The lowest BCUT2D eigenvalue weighted by molar-refractivity contribution is 0.0757. The summed E-state index contributed by atoms with van der Waals surface area (Å²) in [5.74, 6) is 0. The van der Waals surface area contributed by atoms with Crippen molar-refractivity contribution in [1.29, 1.82) is 0 Å². The van der Waals surface area contributed by atoms with Gasteiger partial charge in [0.05, 0.1) is 18.8 Å². The Morgan fingerprint density at radius 2 is 1.16 bits per heavy atom. The topological polar surface area (TPSA) is 52.5 Å². The van der Waals surface area contributed by atoms with Crippen molar-refractivity contribution in [2.24, 2.45) is 0 Å². The molecule has 0 saturated heterocycles. The van der Waals surface area contributed by atoms with Gasteiger partial charge in [-0.05, 0) is 19.8 Å². The van der Waals surface area contributed by atoms with Gasteiger partial charge in [-0.2, -0.15) is 0 Å². The molecule has 0 spiro atoms. The second-order valence-electron chi connectivity index (χ2n) is 7.86. The molecule has 0 aromatic rings. The number of unbranched alkanes of at least 4 members (excludes halogenated alkanes) is 12. The summed E-state index contributed by atoms with van der Waals surface area (Å²) in [7, 11) is 0. The summed E-state index contributed by atoms with van der Waals surface area (Å²) in [6.45, 7) is 6.50. The molecule has 0 radical (unpaired) electrons. The van der Waals surface area contributed by atoms with E-state index < -0.39 is 6.10 Å². The monoisotopic (exact) mass is 357 g/mol. The van der Waals surface area contributed by atoms with Crippen LogP contribution in [0.4, 0.5) is 0 Å². The Balaban J connectivity index is 3.39. The Bertz CT molecular complexity index is 260. The van der Waals surface area contributed by atoms with Crippen molar-refractivity contribution in [2.75, 3.05) is 6.61 Å². The molecule has 0 aliphatic heterocycles. The van der Waals surface area contributed by atoms with Gasteiger partial charge in [0.15, 0.2) is 0 Å². The molecule has 0 aliphatic carbocycles. The maximum absolute atomic E-state index is 10.2. The summed E-state index contributed by atoms with van der Waals surface area (Å²) in [5, 5.41) is 22.9. The van der Waals surface area contributed by atoms with Crippen LogP contribution in [0.15, 0.2) is 0 Å². The Hall–Kier alpha value is -0.120. The zero-order valence-electron chi connectivity index (χ0n) is 17.4. The number of nitrogens with one attached hydrogen (secondary N) is 1. The number of aliphatic hydroxyl groups is 2. The predicted octanol–water partition coefficient (Wildman–Crippen LogP) is 5.58. The molecular weight excluding hydrogens is 310 g/mol. The Morgan fingerprint density at radius 3 is 1.56 bits per heavy atom. The third-order valence-electron chi connectivity index (χ3n) is 5.38. The normalized spacial score (nSPS) is 15.2. The maximum atomic E-state index is 10.2. The van der Waals surface area contributed by atoms with Crippen molar-refractivity contribution in [3.05, 3.63) is 0 Å². The first-order chi connectivity index (χ1) is 12.2. The van der Waals surface area contributed by atoms with Gasteiger partial charge < -0.3 is 15.5 Å². The van der Waals surface area contributed by atoms with E-state index in [1.165, 1.54) is 77.0 Å². The minimum Gasteiger partial charge on any atom is -0.395 e. The highest BCUT2D eigenvalue weighted by molar-refractivity contribution is 4.77. The second-order valence-corrected chi connectivity index (χ2v) is 7.86. The average Bonchev–Trinajstić information content (AvgIpc) is 2.63. The van der Waals surface area contributed by atoms with E-state index in [4.69, 9.17) is 0 Å². The Kier molecular flexibility index (Phi) is 18.6. The fourth-order valence-corrected chi connectivity index (χ4v) is 3.34. The van der Waals surface area contributed by atoms with Crippen molar-refractivity contribution >= 4 is 0 Å². The molecule has 0 bridgehead atoms. The molecule has 3 heteroatoms. The zero-order chi connectivity index (χ0) is 18.8. The number of hydrogen-bond donors (Lipinski definition) is 3. The molecule has 3 N–H and O–H groups in total. The lowest BCUT2D eigenvalue weighted by atomic mass is 10.0. The smallest absolute Gasteiger partial charge is 0.0715 e. The van der Waals surface area contributed by atoms with E-state index in [0.29, 0.717) is 6.04 Å². The third kappa shape index (κ3) is 15.8. The molecule has 0 fully saturated rings. The molecule has 0 rings (SSSR count). The summed E-state index contributed by atoms with van der Waals surface area (Å²) in [6, 6.07) is 0.172. The van der Waals surface area contributed by atoms with Crippen LogP contribution in [-0.4, -0.2) is 35.0 Å². The first kappa shape index (κ1) is 24.9. The van der Waals surface area contributed by atoms with Gasteiger partial charge in [0.1, 0.15) is 0 Å². The van der Waals surface area contributed by atoms with Gasteiger partial charge in [-0.15, -0.1) is 0 Å². The first-order valence-electron chi connectivity index (χ1n) is 11.2. The van der Waals surface area contributed by atoms with E-state index in [-0.39, 0.29) is 12.6 Å². The van der Waals surface area contributed by atoms with Crippen LogP contribution in [0, 0.1) is 0 Å². The Labute approximate surface area is 158 Å². The van der Waals surface area contributed by atoms with Crippen LogP contribution in [0.25, 0.3) is 0 Å². The predicted molar refractivity (Wildman–Crippen MR) is 110 cm³/mol. The molecule has 0 saturated carbocycles. The van der Waals surface area contributed by atoms with Crippen molar-refractivity contribution in [3.63, 3.8) is 0 Å². The third-order valence-corrected chi connectivity index (χ3v) is 5.38. The summed E-state index contributed by atoms with van der Waals surface area (Å²) >= 11 is 0. The van der Waals surface area contributed by atoms with Crippen LogP contribution in [0.2, 0.25) is 0 Å². The van der Waals surface area contributed by atoms with Gasteiger partial charge in [-0.25, -0.2) is 0 Å². The highest BCUT2D eigenvalue weighted by Gasteiger charge is 2.18. The summed E-state index contributed by atoms with van der Waals surface area (Å²) < 4.78 is 0. The molecule has 0 aliphatic rings. The van der Waals surface area contributed by atoms with Crippen LogP contribution in [0.5, 0.6) is 0 Å². The SMILES string of the molecule is CCCCCCCCCCCCCCC[C@@H](O)[C@H](CO)NC(C)CC. The van der Waals surface area contributed by atoms with E-state index in [0.717, 1.165) is 19.3 Å². The fraction of sp³-hybridized carbons (Fsp3) is 1.00. The second kappa shape index (κ2) is 18.7. The summed E-state index contributed by atoms with van der Waals surface area (Å²) in [6.07, 6.45) is 18.9. The van der Waals surface area contributed by atoms with Gasteiger partial charge in [0, 0.05) is 6.04 Å². The Morgan fingerprint density at radius 1 is 0.720 bits per heavy atom. The summed E-state index contributed by atoms with van der Waals surface area (Å²) in [4.78, 5) is 0. The zero-order valence-corrected chi connectivity index (χ0v) is 17.4. The van der Waals surface area contributed by atoms with Crippen LogP contribution in [-0.2, 0) is 0 Å². The van der Waals surface area contributed by atoms with Crippen molar-refractivity contribution in [3.8, 4) is 0 Å². The van der Waals surface area contributed by atoms with Crippen LogP contribution < -0.4 is 5.32 Å². The highest BCUT2D eigenvalue weighted by atomic mass is 16.3. The quantitative estimate of drug-likeness (QED) is 0.265. The number of aliphatic hydroxyl groups excluding tert-OH is 2. The highest BCUT2D eigenvalue weighted by Crippen LogP contribution is 2.14. The van der Waals surface area contributed by atoms with Crippen LogP contribution >= 0.6 is 0 Å². The molecule has 0 amide bonds.